The van der Waals surface area contributed by atoms with E-state index in [-0.39, 0.29) is 18.9 Å². The number of rotatable bonds is 3. The number of nitrogens with zero attached hydrogens (tertiary/aromatic N) is 4. The number of aliphatic hydroxyl groups is 1. The van der Waals surface area contributed by atoms with Crippen LogP contribution in [0.25, 0.3) is 11.0 Å². The Morgan fingerprint density at radius 2 is 2.21 bits per heavy atom. The summed E-state index contributed by atoms with van der Waals surface area (Å²) in [5, 5.41) is 14.1. The van der Waals surface area contributed by atoms with Crippen LogP contribution in [-0.4, -0.2) is 42.2 Å². The van der Waals surface area contributed by atoms with E-state index in [1.54, 1.807) is 17.0 Å². The minimum atomic E-state index is -0.0878. The van der Waals surface area contributed by atoms with Crippen molar-refractivity contribution in [3.05, 3.63) is 46.5 Å². The molecule has 1 aliphatic heterocycles. The maximum Gasteiger partial charge on any atom is 0.230 e. The molecule has 2 N–H and O–H groups in total. The Morgan fingerprint density at radius 3 is 3.04 bits per heavy atom. The van der Waals surface area contributed by atoms with E-state index in [9.17, 15) is 4.79 Å². The fraction of sp³-hybridized carbons (Fsp3) is 0.312. The predicted molar refractivity (Wildman–Crippen MR) is 88.4 cm³/mol. The van der Waals surface area contributed by atoms with Gasteiger partial charge in [0, 0.05) is 11.6 Å². The highest BCUT2D eigenvalue weighted by Gasteiger charge is 2.23. The molecule has 0 bridgehead atoms. The molecule has 7 nitrogen and oxygen atoms in total. The molecule has 8 heteroatoms. The van der Waals surface area contributed by atoms with E-state index < -0.39 is 0 Å². The van der Waals surface area contributed by atoms with E-state index in [2.05, 4.69) is 15.1 Å². The van der Waals surface area contributed by atoms with Gasteiger partial charge in [0.05, 0.1) is 48.5 Å². The van der Waals surface area contributed by atoms with Crippen molar-refractivity contribution >= 4 is 28.5 Å². The van der Waals surface area contributed by atoms with Crippen LogP contribution in [0, 0.1) is 0 Å². The quantitative estimate of drug-likeness (QED) is 0.753. The van der Waals surface area contributed by atoms with Crippen LogP contribution in [0.15, 0.2) is 24.3 Å². The Balaban J connectivity index is 1.49. The summed E-state index contributed by atoms with van der Waals surface area (Å²) in [4.78, 5) is 21.9. The van der Waals surface area contributed by atoms with Gasteiger partial charge in [-0.25, -0.2) is 4.98 Å². The van der Waals surface area contributed by atoms with Gasteiger partial charge in [0.15, 0.2) is 0 Å². The lowest BCUT2D eigenvalue weighted by Gasteiger charge is -2.27. The van der Waals surface area contributed by atoms with Crippen molar-refractivity contribution in [2.45, 2.75) is 26.1 Å². The summed E-state index contributed by atoms with van der Waals surface area (Å²) < 4.78 is 1.85. The van der Waals surface area contributed by atoms with Crippen molar-refractivity contribution in [3.8, 4) is 0 Å². The molecule has 2 aromatic heterocycles. The van der Waals surface area contributed by atoms with Gasteiger partial charge in [-0.2, -0.15) is 5.10 Å². The fourth-order valence-corrected chi connectivity index (χ4v) is 3.16. The first-order valence-electron chi connectivity index (χ1n) is 7.71. The standard InChI is InChI=1S/C16H16ClN5O2/c17-10-1-2-13-14(5-10)19-15(18-13)7-16(24)21-3-4-22-12(8-21)6-11(9-23)20-22/h1-2,5-6,23H,3-4,7-9H2,(H,18,19). The molecule has 0 atom stereocenters. The SMILES string of the molecule is O=C(Cc1nc2ccc(Cl)cc2[nH]1)N1CCn2nc(CO)cc2C1. The zero-order valence-corrected chi connectivity index (χ0v) is 13.6. The molecular weight excluding hydrogens is 330 g/mol. The number of aliphatic hydroxyl groups excluding tert-OH is 1. The van der Waals surface area contributed by atoms with E-state index in [4.69, 9.17) is 16.7 Å². The summed E-state index contributed by atoms with van der Waals surface area (Å²) in [6.45, 7) is 1.65. The largest absolute Gasteiger partial charge is 0.390 e. The van der Waals surface area contributed by atoms with Crippen LogP contribution in [0.5, 0.6) is 0 Å². The Morgan fingerprint density at radius 1 is 1.33 bits per heavy atom. The van der Waals surface area contributed by atoms with Crippen LogP contribution in [0.4, 0.5) is 0 Å². The highest BCUT2D eigenvalue weighted by atomic mass is 35.5. The second-order valence-electron chi connectivity index (χ2n) is 5.85. The smallest absolute Gasteiger partial charge is 0.230 e. The number of imidazole rings is 1. The molecule has 124 valence electrons. The van der Waals surface area contributed by atoms with Crippen molar-refractivity contribution in [1.82, 2.24) is 24.6 Å². The van der Waals surface area contributed by atoms with Gasteiger partial charge >= 0.3 is 0 Å². The number of H-pyrrole nitrogens is 1. The zero-order valence-electron chi connectivity index (χ0n) is 12.9. The number of nitrogens with one attached hydrogen (secondary N) is 1. The molecule has 0 unspecified atom stereocenters. The Bertz CT molecular complexity index is 916. The van der Waals surface area contributed by atoms with E-state index in [0.717, 1.165) is 16.7 Å². The molecule has 0 radical (unpaired) electrons. The number of aromatic amines is 1. The number of hydrogen-bond acceptors (Lipinski definition) is 4. The summed E-state index contributed by atoms with van der Waals surface area (Å²) in [6.07, 6.45) is 0.216. The van der Waals surface area contributed by atoms with Gasteiger partial charge < -0.3 is 15.0 Å². The zero-order chi connectivity index (χ0) is 16.7. The Hall–Kier alpha value is -2.38. The summed E-state index contributed by atoms with van der Waals surface area (Å²) in [6, 6.07) is 7.25. The maximum absolute atomic E-state index is 12.6. The minimum absolute atomic E-state index is 0.0122. The summed E-state index contributed by atoms with van der Waals surface area (Å²) in [7, 11) is 0. The number of carbonyl (C=O) groups is 1. The molecule has 1 amide bonds. The lowest BCUT2D eigenvalue weighted by atomic mass is 10.2. The predicted octanol–water partition coefficient (Wildman–Crippen LogP) is 1.49. The third kappa shape index (κ3) is 2.76. The van der Waals surface area contributed by atoms with E-state index >= 15 is 0 Å². The maximum atomic E-state index is 12.6. The number of benzene rings is 1. The second-order valence-corrected chi connectivity index (χ2v) is 6.28. The lowest BCUT2D eigenvalue weighted by molar-refractivity contribution is -0.132. The molecule has 1 aromatic carbocycles. The fourth-order valence-electron chi connectivity index (χ4n) is 2.99. The number of aromatic nitrogens is 4. The van der Waals surface area contributed by atoms with Crippen LogP contribution in [0.2, 0.25) is 5.02 Å². The number of amides is 1. The number of fused-ring (bicyclic) bond motifs is 2. The van der Waals surface area contributed by atoms with E-state index in [1.165, 1.54) is 0 Å². The molecule has 0 saturated carbocycles. The third-order valence-electron chi connectivity index (χ3n) is 4.17. The van der Waals surface area contributed by atoms with Crippen LogP contribution in [0.1, 0.15) is 17.2 Å². The summed E-state index contributed by atoms with van der Waals surface area (Å²) >= 11 is 5.97. The van der Waals surface area contributed by atoms with Crippen molar-refractivity contribution in [2.75, 3.05) is 6.54 Å². The van der Waals surface area contributed by atoms with Gasteiger partial charge in [0.2, 0.25) is 5.91 Å². The average molecular weight is 346 g/mol. The first-order chi connectivity index (χ1) is 11.6. The van der Waals surface area contributed by atoms with Crippen LogP contribution < -0.4 is 0 Å². The molecule has 0 saturated heterocycles. The van der Waals surface area contributed by atoms with E-state index in [1.807, 2.05) is 16.8 Å². The van der Waals surface area contributed by atoms with E-state index in [0.29, 0.717) is 36.2 Å². The van der Waals surface area contributed by atoms with Crippen molar-refractivity contribution in [1.29, 1.82) is 0 Å². The topological polar surface area (TPSA) is 87.0 Å². The van der Waals surface area contributed by atoms with Crippen LogP contribution in [-0.2, 0) is 30.9 Å². The monoisotopic (exact) mass is 345 g/mol. The van der Waals surface area contributed by atoms with Crippen LogP contribution in [0.3, 0.4) is 0 Å². The van der Waals surface area contributed by atoms with Crippen molar-refractivity contribution < 1.29 is 9.90 Å². The third-order valence-corrected chi connectivity index (χ3v) is 4.41. The van der Waals surface area contributed by atoms with Crippen LogP contribution >= 0.6 is 11.6 Å². The molecule has 3 heterocycles. The molecule has 0 spiro atoms. The number of halogens is 1. The highest BCUT2D eigenvalue weighted by Crippen LogP contribution is 2.19. The Labute approximate surface area is 142 Å². The van der Waals surface area contributed by atoms with Gasteiger partial charge in [0.25, 0.3) is 0 Å². The minimum Gasteiger partial charge on any atom is -0.390 e. The second kappa shape index (κ2) is 5.92. The summed E-state index contributed by atoms with van der Waals surface area (Å²) in [5.41, 5.74) is 3.20. The van der Waals surface area contributed by atoms with Gasteiger partial charge in [0.1, 0.15) is 5.82 Å². The first-order valence-corrected chi connectivity index (χ1v) is 8.08. The van der Waals surface area contributed by atoms with Crippen molar-refractivity contribution in [3.63, 3.8) is 0 Å². The molecule has 24 heavy (non-hydrogen) atoms. The molecule has 0 aliphatic carbocycles. The Kier molecular flexibility index (Phi) is 3.74. The van der Waals surface area contributed by atoms with Gasteiger partial charge in [-0.05, 0) is 24.3 Å². The van der Waals surface area contributed by atoms with Gasteiger partial charge in [-0.1, -0.05) is 11.6 Å². The molecular formula is C16H16ClN5O2. The number of carbonyl (C=O) groups excluding carboxylic acids is 1. The summed E-state index contributed by atoms with van der Waals surface area (Å²) in [5.74, 6) is 0.644. The number of hydrogen-bond donors (Lipinski definition) is 2. The van der Waals surface area contributed by atoms with Crippen molar-refractivity contribution in [2.24, 2.45) is 0 Å². The molecule has 4 rings (SSSR count). The lowest BCUT2D eigenvalue weighted by Crippen LogP contribution is -2.39. The molecule has 3 aromatic rings. The normalized spacial score (nSPS) is 14.2. The molecule has 0 fully saturated rings. The average Bonchev–Trinajstić information content (AvgIpc) is 3.16. The first kappa shape index (κ1) is 15.2. The highest BCUT2D eigenvalue weighted by molar-refractivity contribution is 6.31. The van der Waals surface area contributed by atoms with Gasteiger partial charge in [-0.3, -0.25) is 9.48 Å². The van der Waals surface area contributed by atoms with Gasteiger partial charge in [-0.15, -0.1) is 0 Å². The molecule has 1 aliphatic rings.